The predicted molar refractivity (Wildman–Crippen MR) is 117 cm³/mol. The van der Waals surface area contributed by atoms with Gasteiger partial charge >= 0.3 is 0 Å². The van der Waals surface area contributed by atoms with E-state index >= 15 is 0 Å². The van der Waals surface area contributed by atoms with Crippen molar-refractivity contribution < 1.29 is 9.26 Å². The second-order valence-electron chi connectivity index (χ2n) is 7.61. The number of nitrogens with two attached hydrogens (primary N) is 1. The summed E-state index contributed by atoms with van der Waals surface area (Å²) in [5.41, 5.74) is 1.35. The molecule has 0 saturated heterocycles. The molecule has 0 aliphatic heterocycles. The summed E-state index contributed by atoms with van der Waals surface area (Å²) in [5, 5.41) is 14.8. The minimum absolute atomic E-state index is 0.102. The molecule has 0 fully saturated rings. The maximum atomic E-state index is 6.12. The molecule has 3 aromatic heterocycles. The van der Waals surface area contributed by atoms with Crippen LogP contribution in [0.2, 0.25) is 0 Å². The van der Waals surface area contributed by atoms with Gasteiger partial charge in [-0.3, -0.25) is 0 Å². The summed E-state index contributed by atoms with van der Waals surface area (Å²) >= 11 is 2.94. The molecule has 10 heteroatoms. The molecule has 0 amide bonds. The van der Waals surface area contributed by atoms with Crippen LogP contribution in [0.3, 0.4) is 0 Å². The van der Waals surface area contributed by atoms with Crippen LogP contribution in [-0.4, -0.2) is 25.0 Å². The molecular formula is C20H22N6O2S2. The second-order valence-corrected chi connectivity index (χ2v) is 9.50. The maximum absolute atomic E-state index is 6.12. The quantitative estimate of drug-likeness (QED) is 0.334. The van der Waals surface area contributed by atoms with Gasteiger partial charge in [-0.25, -0.2) is 4.68 Å². The lowest BCUT2D eigenvalue weighted by atomic mass is 9.87. The van der Waals surface area contributed by atoms with Crippen LogP contribution in [0, 0.1) is 0 Å². The van der Waals surface area contributed by atoms with Crippen molar-refractivity contribution >= 4 is 23.1 Å². The molecule has 1 aromatic carbocycles. The van der Waals surface area contributed by atoms with Crippen LogP contribution in [0.15, 0.2) is 51.5 Å². The third-order valence-electron chi connectivity index (χ3n) is 4.36. The van der Waals surface area contributed by atoms with Crippen molar-refractivity contribution in [1.29, 1.82) is 0 Å². The standard InChI is InChI=1S/C20H22N6O2S2/c1-20(2,3)13-6-8-14(9-7-13)27-11-16-23-24-19(26(16)21)30-12-17-22-18(25-28-17)15-5-4-10-29-15/h4-10H,11-12,21H2,1-3H3. The van der Waals surface area contributed by atoms with Crippen molar-refractivity contribution in [2.75, 3.05) is 5.84 Å². The summed E-state index contributed by atoms with van der Waals surface area (Å²) < 4.78 is 12.5. The van der Waals surface area contributed by atoms with E-state index in [9.17, 15) is 0 Å². The second kappa shape index (κ2) is 8.49. The van der Waals surface area contributed by atoms with E-state index in [-0.39, 0.29) is 12.0 Å². The Morgan fingerprint density at radius 1 is 1.17 bits per heavy atom. The topological polar surface area (TPSA) is 105 Å². The minimum Gasteiger partial charge on any atom is -0.486 e. The van der Waals surface area contributed by atoms with E-state index in [1.807, 2.05) is 29.6 Å². The highest BCUT2D eigenvalue weighted by Gasteiger charge is 2.16. The Bertz CT molecular complexity index is 1100. The van der Waals surface area contributed by atoms with Crippen molar-refractivity contribution in [3.8, 4) is 16.5 Å². The number of hydrogen-bond acceptors (Lipinski definition) is 9. The van der Waals surface area contributed by atoms with E-state index in [4.69, 9.17) is 15.1 Å². The Labute approximate surface area is 182 Å². The van der Waals surface area contributed by atoms with E-state index in [0.717, 1.165) is 10.6 Å². The number of benzene rings is 1. The highest BCUT2D eigenvalue weighted by molar-refractivity contribution is 7.98. The van der Waals surface area contributed by atoms with Crippen LogP contribution in [0.1, 0.15) is 38.0 Å². The SMILES string of the molecule is CC(C)(C)c1ccc(OCc2nnc(SCc3nc(-c4cccs4)no3)n2N)cc1. The van der Waals surface area contributed by atoms with E-state index in [2.05, 4.69) is 53.2 Å². The third kappa shape index (κ3) is 4.65. The highest BCUT2D eigenvalue weighted by atomic mass is 32.2. The van der Waals surface area contributed by atoms with Crippen molar-refractivity contribution in [1.82, 2.24) is 25.0 Å². The van der Waals surface area contributed by atoms with Crippen molar-refractivity contribution in [2.24, 2.45) is 0 Å². The van der Waals surface area contributed by atoms with Gasteiger partial charge in [-0.1, -0.05) is 55.9 Å². The van der Waals surface area contributed by atoms with Crippen LogP contribution in [0.25, 0.3) is 10.7 Å². The summed E-state index contributed by atoms with van der Waals surface area (Å²) in [6.07, 6.45) is 0. The number of nitrogens with zero attached hydrogens (tertiary/aromatic N) is 5. The number of ether oxygens (including phenoxy) is 1. The lowest BCUT2D eigenvalue weighted by molar-refractivity contribution is 0.291. The Morgan fingerprint density at radius 3 is 2.67 bits per heavy atom. The summed E-state index contributed by atoms with van der Waals surface area (Å²) in [6.45, 7) is 6.75. The molecule has 3 heterocycles. The number of aromatic nitrogens is 5. The lowest BCUT2D eigenvalue weighted by Gasteiger charge is -2.19. The number of nitrogen functional groups attached to an aromatic ring is 1. The van der Waals surface area contributed by atoms with Gasteiger partial charge in [0.2, 0.25) is 16.9 Å². The largest absolute Gasteiger partial charge is 0.486 e. The Balaban J connectivity index is 1.33. The summed E-state index contributed by atoms with van der Waals surface area (Å²) in [6, 6.07) is 11.9. The van der Waals surface area contributed by atoms with Gasteiger partial charge < -0.3 is 15.1 Å². The number of hydrogen-bond donors (Lipinski definition) is 1. The molecule has 30 heavy (non-hydrogen) atoms. The third-order valence-corrected chi connectivity index (χ3v) is 6.15. The summed E-state index contributed by atoms with van der Waals surface area (Å²) in [7, 11) is 0. The Hall–Kier alpha value is -2.85. The zero-order valence-corrected chi connectivity index (χ0v) is 18.5. The average Bonchev–Trinajstić information content (AvgIpc) is 3.46. The summed E-state index contributed by atoms with van der Waals surface area (Å²) in [5.74, 6) is 8.94. The normalized spacial score (nSPS) is 11.7. The molecule has 8 nitrogen and oxygen atoms in total. The molecule has 0 spiro atoms. The van der Waals surface area contributed by atoms with Gasteiger partial charge in [-0.2, -0.15) is 4.98 Å². The van der Waals surface area contributed by atoms with Crippen molar-refractivity contribution in [3.63, 3.8) is 0 Å². The van der Waals surface area contributed by atoms with Gasteiger partial charge in [0.1, 0.15) is 12.4 Å². The molecule has 0 radical (unpaired) electrons. The molecule has 0 aliphatic rings. The van der Waals surface area contributed by atoms with E-state index in [1.54, 1.807) is 11.3 Å². The first-order valence-electron chi connectivity index (χ1n) is 9.32. The molecule has 2 N–H and O–H groups in total. The van der Waals surface area contributed by atoms with Crippen LogP contribution < -0.4 is 10.6 Å². The van der Waals surface area contributed by atoms with Gasteiger partial charge in [0, 0.05) is 0 Å². The molecule has 0 atom stereocenters. The first-order chi connectivity index (χ1) is 14.4. The van der Waals surface area contributed by atoms with E-state index < -0.39 is 0 Å². The number of thioether (sulfide) groups is 1. The molecule has 4 aromatic rings. The fourth-order valence-electron chi connectivity index (χ4n) is 2.65. The monoisotopic (exact) mass is 442 g/mol. The summed E-state index contributed by atoms with van der Waals surface area (Å²) in [4.78, 5) is 5.36. The molecule has 4 rings (SSSR count). The van der Waals surface area contributed by atoms with Gasteiger partial charge in [-0.05, 0) is 34.6 Å². The molecular weight excluding hydrogens is 420 g/mol. The molecule has 156 valence electrons. The van der Waals surface area contributed by atoms with E-state index in [0.29, 0.717) is 28.4 Å². The van der Waals surface area contributed by atoms with Crippen molar-refractivity contribution in [3.05, 3.63) is 59.1 Å². The zero-order chi connectivity index (χ0) is 21.1. The average molecular weight is 443 g/mol. The number of rotatable bonds is 7. The van der Waals surface area contributed by atoms with Crippen LogP contribution >= 0.6 is 23.1 Å². The lowest BCUT2D eigenvalue weighted by Crippen LogP contribution is -2.16. The highest BCUT2D eigenvalue weighted by Crippen LogP contribution is 2.26. The minimum atomic E-state index is 0.102. The molecule has 0 unspecified atom stereocenters. The Kier molecular flexibility index (Phi) is 5.78. The maximum Gasteiger partial charge on any atom is 0.237 e. The first-order valence-corrected chi connectivity index (χ1v) is 11.2. The Morgan fingerprint density at radius 2 is 1.97 bits per heavy atom. The fourth-order valence-corrected chi connectivity index (χ4v) is 4.01. The van der Waals surface area contributed by atoms with Gasteiger partial charge in [-0.15, -0.1) is 21.5 Å². The van der Waals surface area contributed by atoms with Gasteiger partial charge in [0.15, 0.2) is 5.82 Å². The van der Waals surface area contributed by atoms with Gasteiger partial charge in [0.25, 0.3) is 0 Å². The predicted octanol–water partition coefficient (Wildman–Crippen LogP) is 4.27. The van der Waals surface area contributed by atoms with Gasteiger partial charge in [0.05, 0.1) is 10.6 Å². The molecule has 0 bridgehead atoms. The first kappa shape index (κ1) is 20.4. The fraction of sp³-hybridized carbons (Fsp3) is 0.300. The molecule has 0 saturated carbocycles. The van der Waals surface area contributed by atoms with Crippen LogP contribution in [0.5, 0.6) is 5.75 Å². The van der Waals surface area contributed by atoms with Crippen LogP contribution in [-0.2, 0) is 17.8 Å². The molecule has 0 aliphatic carbocycles. The zero-order valence-electron chi connectivity index (χ0n) is 16.9. The number of thiophene rings is 1. The smallest absolute Gasteiger partial charge is 0.237 e. The van der Waals surface area contributed by atoms with Crippen molar-refractivity contribution in [2.45, 2.75) is 43.7 Å². The van der Waals surface area contributed by atoms with Crippen LogP contribution in [0.4, 0.5) is 0 Å². The van der Waals surface area contributed by atoms with E-state index in [1.165, 1.54) is 22.0 Å².